The lowest BCUT2D eigenvalue weighted by molar-refractivity contribution is 0.415. The number of nitriles is 1. The van der Waals surface area contributed by atoms with Crippen molar-refractivity contribution in [3.8, 4) is 22.9 Å². The highest BCUT2D eigenvalue weighted by Gasteiger charge is 2.20. The first-order valence-electron chi connectivity index (χ1n) is 11.7. The molecule has 35 heavy (non-hydrogen) atoms. The first-order chi connectivity index (χ1) is 16.9. The fourth-order valence-corrected chi connectivity index (χ4v) is 4.13. The van der Waals surface area contributed by atoms with Gasteiger partial charge in [0.15, 0.2) is 0 Å². The van der Waals surface area contributed by atoms with E-state index in [-0.39, 0.29) is 11.1 Å². The van der Waals surface area contributed by atoms with Crippen LogP contribution in [-0.4, -0.2) is 36.3 Å². The summed E-state index contributed by atoms with van der Waals surface area (Å²) >= 11 is 0. The molecule has 1 atom stereocenters. The Labute approximate surface area is 205 Å². The van der Waals surface area contributed by atoms with E-state index >= 15 is 0 Å². The van der Waals surface area contributed by atoms with Crippen LogP contribution in [0.1, 0.15) is 31.9 Å². The Morgan fingerprint density at radius 2 is 2.11 bits per heavy atom. The fraction of sp³-hybridized carbons (Fsp3) is 0.370. The van der Waals surface area contributed by atoms with Gasteiger partial charge < -0.3 is 15.4 Å². The zero-order valence-electron chi connectivity index (χ0n) is 20.5. The molecule has 0 aliphatic carbocycles. The van der Waals surface area contributed by atoms with Crippen molar-refractivity contribution in [3.63, 3.8) is 0 Å². The van der Waals surface area contributed by atoms with Gasteiger partial charge in [-0.15, -0.1) is 0 Å². The molecule has 1 saturated heterocycles. The number of hydrogen-bond donors (Lipinski definition) is 2. The highest BCUT2D eigenvalue weighted by atomic mass is 19.1. The van der Waals surface area contributed by atoms with E-state index in [9.17, 15) is 9.18 Å². The Hall–Kier alpha value is -3.70. The molecular formula is C27H32FN5O2. The molecule has 0 saturated carbocycles. The third-order valence-electron chi connectivity index (χ3n) is 6.21. The maximum atomic E-state index is 14.7. The summed E-state index contributed by atoms with van der Waals surface area (Å²) in [6.07, 6.45) is 5.63. The third-order valence-corrected chi connectivity index (χ3v) is 6.21. The van der Waals surface area contributed by atoms with Crippen LogP contribution in [0.2, 0.25) is 0 Å². The SMILES string of the molecule is C=C/C(C#N)=C(F)\C=C(/C)c1nc(NCC2CCCNCC2)n(C)c(=O)c1-c1ccc(OC)cc1. The van der Waals surface area contributed by atoms with Crippen molar-refractivity contribution in [3.05, 3.63) is 70.4 Å². The molecule has 1 aliphatic heterocycles. The summed E-state index contributed by atoms with van der Waals surface area (Å²) in [5, 5.41) is 15.9. The molecule has 2 aromatic rings. The summed E-state index contributed by atoms with van der Waals surface area (Å²) in [4.78, 5) is 18.3. The minimum Gasteiger partial charge on any atom is -0.497 e. The number of halogens is 1. The molecule has 3 rings (SSSR count). The molecule has 1 aromatic heterocycles. The minimum atomic E-state index is -0.733. The number of benzene rings is 1. The van der Waals surface area contributed by atoms with Crippen LogP contribution in [0.5, 0.6) is 5.75 Å². The van der Waals surface area contributed by atoms with Gasteiger partial charge in [0.25, 0.3) is 5.56 Å². The summed E-state index contributed by atoms with van der Waals surface area (Å²) in [6, 6.07) is 8.85. The van der Waals surface area contributed by atoms with E-state index in [2.05, 4.69) is 17.2 Å². The Bertz CT molecular complexity index is 1210. The lowest BCUT2D eigenvalue weighted by Crippen LogP contribution is -2.27. The molecular weight excluding hydrogens is 445 g/mol. The lowest BCUT2D eigenvalue weighted by Gasteiger charge is -2.19. The molecule has 1 unspecified atom stereocenters. The second-order valence-corrected chi connectivity index (χ2v) is 8.58. The molecule has 1 fully saturated rings. The molecule has 7 nitrogen and oxygen atoms in total. The number of methoxy groups -OCH3 is 1. The predicted molar refractivity (Wildman–Crippen MR) is 138 cm³/mol. The van der Waals surface area contributed by atoms with Gasteiger partial charge in [-0.3, -0.25) is 9.36 Å². The molecule has 0 radical (unpaired) electrons. The maximum absolute atomic E-state index is 14.7. The predicted octanol–water partition coefficient (Wildman–Crippen LogP) is 4.59. The van der Waals surface area contributed by atoms with Crippen molar-refractivity contribution in [2.75, 3.05) is 32.1 Å². The average Bonchev–Trinajstić information content (AvgIpc) is 3.14. The normalized spacial score (nSPS) is 17.1. The Kier molecular flexibility index (Phi) is 8.98. The van der Waals surface area contributed by atoms with E-state index in [0.29, 0.717) is 46.6 Å². The summed E-state index contributed by atoms with van der Waals surface area (Å²) in [6.45, 7) is 7.84. The van der Waals surface area contributed by atoms with Gasteiger partial charge >= 0.3 is 0 Å². The number of nitrogens with one attached hydrogen (secondary N) is 2. The van der Waals surface area contributed by atoms with Crippen LogP contribution in [0.25, 0.3) is 16.7 Å². The van der Waals surface area contributed by atoms with Crippen LogP contribution in [0.3, 0.4) is 0 Å². The second kappa shape index (κ2) is 12.1. The van der Waals surface area contributed by atoms with Crippen LogP contribution in [0, 0.1) is 17.2 Å². The summed E-state index contributed by atoms with van der Waals surface area (Å²) < 4.78 is 21.4. The molecule has 8 heteroatoms. The lowest BCUT2D eigenvalue weighted by atomic mass is 10.00. The minimum absolute atomic E-state index is 0.181. The molecule has 0 spiro atoms. The van der Waals surface area contributed by atoms with E-state index in [1.807, 2.05) is 0 Å². The fourth-order valence-electron chi connectivity index (χ4n) is 4.13. The number of allylic oxidation sites excluding steroid dienone is 5. The van der Waals surface area contributed by atoms with Crippen molar-refractivity contribution in [1.82, 2.24) is 14.9 Å². The van der Waals surface area contributed by atoms with Crippen LogP contribution in [0.4, 0.5) is 10.3 Å². The number of nitrogens with zero attached hydrogens (tertiary/aromatic N) is 3. The summed E-state index contributed by atoms with van der Waals surface area (Å²) in [5.41, 5.74) is 1.31. The van der Waals surface area contributed by atoms with E-state index in [1.54, 1.807) is 51.4 Å². The van der Waals surface area contributed by atoms with E-state index in [4.69, 9.17) is 15.0 Å². The van der Waals surface area contributed by atoms with Crippen molar-refractivity contribution in [2.24, 2.45) is 13.0 Å². The van der Waals surface area contributed by atoms with Gasteiger partial charge in [0.05, 0.1) is 23.9 Å². The second-order valence-electron chi connectivity index (χ2n) is 8.58. The van der Waals surface area contributed by atoms with Crippen molar-refractivity contribution >= 4 is 11.5 Å². The molecule has 1 aliphatic rings. The monoisotopic (exact) mass is 477 g/mol. The number of hydrogen-bond acceptors (Lipinski definition) is 6. The molecule has 0 bridgehead atoms. The molecule has 184 valence electrons. The van der Waals surface area contributed by atoms with Gasteiger partial charge in [0.1, 0.15) is 17.6 Å². The number of anilines is 1. The van der Waals surface area contributed by atoms with Crippen molar-refractivity contribution in [2.45, 2.75) is 26.2 Å². The van der Waals surface area contributed by atoms with Gasteiger partial charge in [-0.2, -0.15) is 5.26 Å². The zero-order valence-corrected chi connectivity index (χ0v) is 20.5. The summed E-state index contributed by atoms with van der Waals surface area (Å²) in [7, 11) is 3.24. The third kappa shape index (κ3) is 6.25. The molecule has 1 aromatic carbocycles. The Morgan fingerprint density at radius 3 is 2.77 bits per heavy atom. The van der Waals surface area contributed by atoms with Crippen molar-refractivity contribution in [1.29, 1.82) is 5.26 Å². The van der Waals surface area contributed by atoms with Gasteiger partial charge in [0.2, 0.25) is 5.95 Å². The van der Waals surface area contributed by atoms with Crippen LogP contribution < -0.4 is 20.9 Å². The van der Waals surface area contributed by atoms with E-state index in [1.165, 1.54) is 10.6 Å². The highest BCUT2D eigenvalue weighted by molar-refractivity contribution is 5.79. The number of rotatable bonds is 8. The smallest absolute Gasteiger partial charge is 0.263 e. The van der Waals surface area contributed by atoms with E-state index in [0.717, 1.165) is 38.4 Å². The molecule has 2 N–H and O–H groups in total. The van der Waals surface area contributed by atoms with Gasteiger partial charge in [0, 0.05) is 13.6 Å². The Balaban J connectivity index is 2.10. The van der Waals surface area contributed by atoms with Crippen molar-refractivity contribution < 1.29 is 9.13 Å². The summed E-state index contributed by atoms with van der Waals surface area (Å²) in [5.74, 6) is 0.806. The topological polar surface area (TPSA) is 92.0 Å². The first kappa shape index (κ1) is 25.9. The van der Waals surface area contributed by atoms with Crippen LogP contribution in [-0.2, 0) is 7.05 Å². The molecule has 2 heterocycles. The van der Waals surface area contributed by atoms with Gasteiger partial charge in [-0.25, -0.2) is 9.37 Å². The largest absolute Gasteiger partial charge is 0.497 e. The van der Waals surface area contributed by atoms with Crippen LogP contribution >= 0.6 is 0 Å². The van der Waals surface area contributed by atoms with Gasteiger partial charge in [-0.1, -0.05) is 18.7 Å². The highest BCUT2D eigenvalue weighted by Crippen LogP contribution is 2.29. The van der Waals surface area contributed by atoms with Crippen LogP contribution in [0.15, 0.2) is 59.2 Å². The maximum Gasteiger partial charge on any atom is 0.263 e. The van der Waals surface area contributed by atoms with E-state index < -0.39 is 5.83 Å². The average molecular weight is 478 g/mol. The quantitative estimate of drug-likeness (QED) is 0.427. The molecule has 0 amide bonds. The number of ether oxygens (including phenoxy) is 1. The van der Waals surface area contributed by atoms with Gasteiger partial charge in [-0.05, 0) is 80.6 Å². The number of aromatic nitrogens is 2. The Morgan fingerprint density at radius 1 is 1.37 bits per heavy atom. The first-order valence-corrected chi connectivity index (χ1v) is 11.7. The zero-order chi connectivity index (χ0) is 25.4. The standard InChI is InChI=1S/C27H32FN5O2/c1-5-20(16-29)23(28)15-18(2)25-24(21-8-10-22(35-4)11-9-21)26(34)33(3)27(32-25)31-17-19-7-6-13-30-14-12-19/h5,8-11,15,19,30H,1,6-7,12-14,17H2,2-4H3,(H,31,32)/b18-15+,23-20-.